The Morgan fingerprint density at radius 3 is 2.48 bits per heavy atom. The zero-order valence-corrected chi connectivity index (χ0v) is 15.8. The highest BCUT2D eigenvalue weighted by atomic mass is 35.5. The first-order valence-electron chi connectivity index (χ1n) is 7.79. The quantitative estimate of drug-likeness (QED) is 0.459. The van der Waals surface area contributed by atoms with Crippen LogP contribution in [0.15, 0.2) is 36.4 Å². The number of rotatable bonds is 6. The zero-order chi connectivity index (χ0) is 21.8. The number of nitro groups is 1. The molecule has 0 heterocycles. The van der Waals surface area contributed by atoms with Crippen molar-refractivity contribution in [3.05, 3.63) is 62.7 Å². The van der Waals surface area contributed by atoms with E-state index in [1.54, 1.807) is 0 Å². The molecule has 0 unspecified atom stereocenters. The van der Waals surface area contributed by atoms with Crippen molar-refractivity contribution in [2.24, 2.45) is 0 Å². The highest BCUT2D eigenvalue weighted by molar-refractivity contribution is 6.32. The van der Waals surface area contributed by atoms with Gasteiger partial charge in [-0.2, -0.15) is 18.2 Å². The van der Waals surface area contributed by atoms with Crippen LogP contribution in [0.4, 0.5) is 23.7 Å². The molecule has 156 valence electrons. The van der Waals surface area contributed by atoms with E-state index in [0.717, 1.165) is 23.3 Å². The molecule has 0 radical (unpaired) electrons. The van der Waals surface area contributed by atoms with E-state index in [0.29, 0.717) is 6.07 Å². The van der Waals surface area contributed by atoms with Crippen LogP contribution < -0.4 is 4.74 Å². The standard InChI is InChI=1S/C17H14ClF3N2O6/c1-22(27-2)16(24)28-9-10-7-12(4-5-14(10)23(25)26)29-15-6-3-11(8-13(15)18)17(19,20)21/h3-8H,9H2,1-2H3. The van der Waals surface area contributed by atoms with E-state index in [4.69, 9.17) is 21.1 Å². The predicted octanol–water partition coefficient (Wildman–Crippen LogP) is 5.19. The molecule has 0 saturated heterocycles. The van der Waals surface area contributed by atoms with E-state index in [1.807, 2.05) is 0 Å². The maximum Gasteiger partial charge on any atom is 0.433 e. The van der Waals surface area contributed by atoms with Crippen molar-refractivity contribution in [2.75, 3.05) is 14.2 Å². The van der Waals surface area contributed by atoms with E-state index < -0.39 is 29.4 Å². The Bertz CT molecular complexity index is 923. The lowest BCUT2D eigenvalue weighted by Crippen LogP contribution is -2.26. The van der Waals surface area contributed by atoms with Crippen LogP contribution >= 0.6 is 11.6 Å². The van der Waals surface area contributed by atoms with Crippen molar-refractivity contribution in [3.8, 4) is 11.5 Å². The molecule has 0 aliphatic heterocycles. The van der Waals surface area contributed by atoms with Crippen LogP contribution in [0.5, 0.6) is 11.5 Å². The smallest absolute Gasteiger partial charge is 0.433 e. The fourth-order valence-corrected chi connectivity index (χ4v) is 2.33. The van der Waals surface area contributed by atoms with Gasteiger partial charge in [-0.25, -0.2) is 4.79 Å². The minimum absolute atomic E-state index is 0.00612. The summed E-state index contributed by atoms with van der Waals surface area (Å²) >= 11 is 5.84. The van der Waals surface area contributed by atoms with E-state index >= 15 is 0 Å². The lowest BCUT2D eigenvalue weighted by atomic mass is 10.1. The minimum Gasteiger partial charge on any atom is -0.456 e. The van der Waals surface area contributed by atoms with Gasteiger partial charge in [0.05, 0.1) is 28.2 Å². The summed E-state index contributed by atoms with van der Waals surface area (Å²) in [5, 5.41) is 11.6. The molecule has 0 saturated carbocycles. The average molecular weight is 435 g/mol. The van der Waals surface area contributed by atoms with Crippen LogP contribution in [-0.4, -0.2) is 30.2 Å². The molecule has 0 bridgehead atoms. The Morgan fingerprint density at radius 1 is 1.24 bits per heavy atom. The van der Waals surface area contributed by atoms with Gasteiger partial charge in [0.1, 0.15) is 18.1 Å². The molecule has 0 aromatic heterocycles. The van der Waals surface area contributed by atoms with Crippen LogP contribution in [0.25, 0.3) is 0 Å². The largest absolute Gasteiger partial charge is 0.456 e. The van der Waals surface area contributed by atoms with Gasteiger partial charge in [0.2, 0.25) is 0 Å². The van der Waals surface area contributed by atoms with Crippen LogP contribution in [0.2, 0.25) is 5.02 Å². The molecular formula is C17H14ClF3N2O6. The second kappa shape index (κ2) is 8.97. The van der Waals surface area contributed by atoms with Gasteiger partial charge in [0.15, 0.2) is 0 Å². The van der Waals surface area contributed by atoms with Gasteiger partial charge >= 0.3 is 12.3 Å². The van der Waals surface area contributed by atoms with Crippen LogP contribution in [0.3, 0.4) is 0 Å². The van der Waals surface area contributed by atoms with Crippen molar-refractivity contribution in [1.82, 2.24) is 5.06 Å². The number of carbonyl (C=O) groups excluding carboxylic acids is 1. The number of hydroxylamine groups is 2. The summed E-state index contributed by atoms with van der Waals surface area (Å²) in [4.78, 5) is 26.8. The van der Waals surface area contributed by atoms with Crippen molar-refractivity contribution >= 4 is 23.4 Å². The summed E-state index contributed by atoms with van der Waals surface area (Å²) in [5.41, 5.74) is -1.30. The molecule has 29 heavy (non-hydrogen) atoms. The number of hydrogen-bond acceptors (Lipinski definition) is 6. The fraction of sp³-hybridized carbons (Fsp3) is 0.235. The number of halogens is 4. The molecule has 0 atom stereocenters. The van der Waals surface area contributed by atoms with E-state index in [9.17, 15) is 28.1 Å². The number of benzene rings is 2. The highest BCUT2D eigenvalue weighted by Crippen LogP contribution is 2.37. The zero-order valence-electron chi connectivity index (χ0n) is 15.0. The Labute approximate surface area is 167 Å². The van der Waals surface area contributed by atoms with Gasteiger partial charge < -0.3 is 9.47 Å². The molecular weight excluding hydrogens is 421 g/mol. The van der Waals surface area contributed by atoms with Crippen molar-refractivity contribution < 1.29 is 37.2 Å². The third-order valence-corrected chi connectivity index (χ3v) is 3.91. The number of nitrogens with zero attached hydrogens (tertiary/aromatic N) is 2. The van der Waals surface area contributed by atoms with Crippen molar-refractivity contribution in [3.63, 3.8) is 0 Å². The molecule has 0 aliphatic rings. The normalized spacial score (nSPS) is 11.1. The van der Waals surface area contributed by atoms with Gasteiger partial charge in [-0.15, -0.1) is 0 Å². The summed E-state index contributed by atoms with van der Waals surface area (Å²) in [6.45, 7) is -0.471. The monoisotopic (exact) mass is 434 g/mol. The maximum absolute atomic E-state index is 12.7. The van der Waals surface area contributed by atoms with E-state index in [1.165, 1.54) is 26.3 Å². The van der Waals surface area contributed by atoms with Crippen molar-refractivity contribution in [1.29, 1.82) is 0 Å². The molecule has 2 aromatic rings. The molecule has 2 aromatic carbocycles. The molecule has 2 rings (SSSR count). The number of amides is 1. The first-order valence-corrected chi connectivity index (χ1v) is 8.17. The number of nitro benzene ring substituents is 1. The third-order valence-electron chi connectivity index (χ3n) is 3.62. The van der Waals surface area contributed by atoms with E-state index in [-0.39, 0.29) is 27.8 Å². The summed E-state index contributed by atoms with van der Waals surface area (Å²) in [7, 11) is 2.51. The molecule has 8 nitrogen and oxygen atoms in total. The SMILES string of the molecule is CON(C)C(=O)OCc1cc(Oc2ccc(C(F)(F)F)cc2Cl)ccc1[N+](=O)[O-]. The van der Waals surface area contributed by atoms with Gasteiger partial charge in [0.25, 0.3) is 5.69 Å². The summed E-state index contributed by atoms with van der Waals surface area (Å²) < 4.78 is 48.5. The Hall–Kier alpha value is -3.05. The van der Waals surface area contributed by atoms with Crippen molar-refractivity contribution in [2.45, 2.75) is 12.8 Å². The Kier molecular flexibility index (Phi) is 6.88. The molecule has 12 heteroatoms. The van der Waals surface area contributed by atoms with Crippen LogP contribution in [-0.2, 0) is 22.4 Å². The second-order valence-corrected chi connectivity index (χ2v) is 5.93. The Balaban J connectivity index is 2.26. The van der Waals surface area contributed by atoms with E-state index in [2.05, 4.69) is 4.84 Å². The molecule has 0 spiro atoms. The fourth-order valence-electron chi connectivity index (χ4n) is 2.11. The minimum atomic E-state index is -4.57. The first kappa shape index (κ1) is 22.2. The maximum atomic E-state index is 12.7. The second-order valence-electron chi connectivity index (χ2n) is 5.53. The van der Waals surface area contributed by atoms with Gasteiger partial charge in [-0.1, -0.05) is 11.6 Å². The first-order chi connectivity index (χ1) is 13.5. The molecule has 0 aliphatic carbocycles. The summed E-state index contributed by atoms with van der Waals surface area (Å²) in [5.74, 6) is -0.0426. The molecule has 1 amide bonds. The van der Waals surface area contributed by atoms with Gasteiger partial charge in [-0.05, 0) is 30.3 Å². The number of carbonyl (C=O) groups is 1. The lowest BCUT2D eigenvalue weighted by molar-refractivity contribution is -0.385. The molecule has 0 fully saturated rings. The lowest BCUT2D eigenvalue weighted by Gasteiger charge is -2.14. The summed E-state index contributed by atoms with van der Waals surface area (Å²) in [6, 6.07) is 6.07. The number of hydrogen-bond donors (Lipinski definition) is 0. The molecule has 0 N–H and O–H groups in total. The topological polar surface area (TPSA) is 91.1 Å². The van der Waals surface area contributed by atoms with Crippen LogP contribution in [0.1, 0.15) is 11.1 Å². The number of alkyl halides is 3. The summed E-state index contributed by atoms with van der Waals surface area (Å²) in [6.07, 6.45) is -5.46. The van der Waals surface area contributed by atoms with Crippen LogP contribution in [0, 0.1) is 10.1 Å². The van der Waals surface area contributed by atoms with Gasteiger partial charge in [0, 0.05) is 13.1 Å². The highest BCUT2D eigenvalue weighted by Gasteiger charge is 2.31. The average Bonchev–Trinajstić information content (AvgIpc) is 2.66. The Morgan fingerprint density at radius 2 is 1.93 bits per heavy atom. The predicted molar refractivity (Wildman–Crippen MR) is 94.6 cm³/mol. The number of ether oxygens (including phenoxy) is 2. The third kappa shape index (κ3) is 5.72. The van der Waals surface area contributed by atoms with Gasteiger partial charge in [-0.3, -0.25) is 15.0 Å².